The van der Waals surface area contributed by atoms with Gasteiger partial charge in [0.1, 0.15) is 0 Å². The molecule has 0 fully saturated rings. The fourth-order valence-electron chi connectivity index (χ4n) is 1.44. The van der Waals surface area contributed by atoms with Gasteiger partial charge in [0.25, 0.3) is 0 Å². The second-order valence-electron chi connectivity index (χ2n) is 4.88. The first-order valence-electron chi connectivity index (χ1n) is 5.65. The van der Waals surface area contributed by atoms with Crippen molar-refractivity contribution in [2.45, 2.75) is 33.7 Å². The molecule has 1 rings (SSSR count). The molecular formula is C12H20N4O. The van der Waals surface area contributed by atoms with Gasteiger partial charge in [-0.25, -0.2) is 0 Å². The maximum absolute atomic E-state index is 11.2. The predicted molar refractivity (Wildman–Crippen MR) is 66.2 cm³/mol. The van der Waals surface area contributed by atoms with Crippen LogP contribution in [0.1, 0.15) is 38.2 Å². The Labute approximate surface area is 102 Å². The van der Waals surface area contributed by atoms with Gasteiger partial charge < -0.3 is 11.1 Å². The van der Waals surface area contributed by atoms with Crippen LogP contribution in [-0.2, 0) is 4.79 Å². The van der Waals surface area contributed by atoms with E-state index in [1.54, 1.807) is 12.4 Å². The van der Waals surface area contributed by atoms with Crippen LogP contribution in [0.25, 0.3) is 0 Å². The number of nitrogens with zero attached hydrogens (tertiary/aromatic N) is 2. The zero-order valence-electron chi connectivity index (χ0n) is 10.8. The zero-order valence-corrected chi connectivity index (χ0v) is 10.8. The number of carbonyl (C=O) groups is 1. The average Bonchev–Trinajstić information content (AvgIpc) is 2.26. The minimum Gasteiger partial charge on any atom is -0.369 e. The van der Waals surface area contributed by atoms with Gasteiger partial charge in [0.05, 0.1) is 16.8 Å². The van der Waals surface area contributed by atoms with Crippen molar-refractivity contribution in [1.29, 1.82) is 0 Å². The molecule has 0 aliphatic heterocycles. The molecule has 0 aliphatic rings. The van der Waals surface area contributed by atoms with Crippen molar-refractivity contribution in [2.24, 2.45) is 11.1 Å². The molecule has 0 aliphatic carbocycles. The van der Waals surface area contributed by atoms with Gasteiger partial charge in [0, 0.05) is 25.0 Å². The van der Waals surface area contributed by atoms with Crippen molar-refractivity contribution >= 4 is 5.91 Å². The summed E-state index contributed by atoms with van der Waals surface area (Å²) in [5.41, 5.74) is 6.54. The molecule has 1 aromatic rings. The van der Waals surface area contributed by atoms with Gasteiger partial charge in [0.15, 0.2) is 0 Å². The van der Waals surface area contributed by atoms with Gasteiger partial charge in [0.2, 0.25) is 5.91 Å². The molecule has 1 amide bonds. The SMILES string of the molecule is Cc1nccnc1C(C)NCC(C)(C)C(N)=O. The molecule has 0 aromatic carbocycles. The van der Waals surface area contributed by atoms with Crippen LogP contribution in [-0.4, -0.2) is 22.4 Å². The number of aromatic nitrogens is 2. The highest BCUT2D eigenvalue weighted by molar-refractivity contribution is 5.80. The first kappa shape index (κ1) is 13.6. The van der Waals surface area contributed by atoms with Gasteiger partial charge in [-0.2, -0.15) is 0 Å². The molecule has 0 saturated heterocycles. The van der Waals surface area contributed by atoms with E-state index in [1.165, 1.54) is 0 Å². The van der Waals surface area contributed by atoms with Crippen LogP contribution < -0.4 is 11.1 Å². The van der Waals surface area contributed by atoms with E-state index in [-0.39, 0.29) is 11.9 Å². The molecule has 3 N–H and O–H groups in total. The van der Waals surface area contributed by atoms with E-state index in [1.807, 2.05) is 27.7 Å². The number of aryl methyl sites for hydroxylation is 1. The monoisotopic (exact) mass is 236 g/mol. The summed E-state index contributed by atoms with van der Waals surface area (Å²) in [5, 5.41) is 3.26. The number of carbonyl (C=O) groups excluding carboxylic acids is 1. The van der Waals surface area contributed by atoms with Crippen LogP contribution in [0.5, 0.6) is 0 Å². The van der Waals surface area contributed by atoms with Crippen molar-refractivity contribution in [2.75, 3.05) is 6.54 Å². The molecule has 0 saturated carbocycles. The van der Waals surface area contributed by atoms with Crippen LogP contribution in [0.2, 0.25) is 0 Å². The van der Waals surface area contributed by atoms with E-state index in [0.717, 1.165) is 11.4 Å². The van der Waals surface area contributed by atoms with E-state index in [2.05, 4.69) is 15.3 Å². The molecular weight excluding hydrogens is 216 g/mol. The summed E-state index contributed by atoms with van der Waals surface area (Å²) in [4.78, 5) is 19.7. The third kappa shape index (κ3) is 3.49. The Hall–Kier alpha value is -1.49. The molecule has 5 heteroatoms. The van der Waals surface area contributed by atoms with Gasteiger partial charge in [-0.15, -0.1) is 0 Å². The second kappa shape index (κ2) is 5.23. The van der Waals surface area contributed by atoms with E-state index >= 15 is 0 Å². The average molecular weight is 236 g/mol. The zero-order chi connectivity index (χ0) is 13.1. The predicted octanol–water partition coefficient (Wildman–Crippen LogP) is 0.947. The first-order chi connectivity index (χ1) is 7.84. The summed E-state index contributed by atoms with van der Waals surface area (Å²) < 4.78 is 0. The summed E-state index contributed by atoms with van der Waals surface area (Å²) in [7, 11) is 0. The number of nitrogens with one attached hydrogen (secondary N) is 1. The highest BCUT2D eigenvalue weighted by atomic mass is 16.1. The summed E-state index contributed by atoms with van der Waals surface area (Å²) in [6.07, 6.45) is 3.33. The summed E-state index contributed by atoms with van der Waals surface area (Å²) in [5.74, 6) is -0.312. The van der Waals surface area contributed by atoms with Crippen LogP contribution in [0, 0.1) is 12.3 Å². The molecule has 5 nitrogen and oxygen atoms in total. The lowest BCUT2D eigenvalue weighted by atomic mass is 9.92. The number of nitrogens with two attached hydrogens (primary N) is 1. The Bertz CT molecular complexity index is 403. The number of hydrogen-bond donors (Lipinski definition) is 2. The third-order valence-electron chi connectivity index (χ3n) is 2.85. The van der Waals surface area contributed by atoms with E-state index in [0.29, 0.717) is 6.54 Å². The fraction of sp³-hybridized carbons (Fsp3) is 0.583. The summed E-state index contributed by atoms with van der Waals surface area (Å²) in [6.45, 7) is 8.06. The second-order valence-corrected chi connectivity index (χ2v) is 4.88. The normalized spacial score (nSPS) is 13.4. The lowest BCUT2D eigenvalue weighted by Crippen LogP contribution is -2.41. The Morgan fingerprint density at radius 3 is 2.59 bits per heavy atom. The number of rotatable bonds is 5. The Morgan fingerprint density at radius 1 is 1.47 bits per heavy atom. The van der Waals surface area contributed by atoms with Gasteiger partial charge in [-0.1, -0.05) is 0 Å². The summed E-state index contributed by atoms with van der Waals surface area (Å²) >= 11 is 0. The molecule has 1 aromatic heterocycles. The maximum atomic E-state index is 11.2. The van der Waals surface area contributed by atoms with Crippen LogP contribution >= 0.6 is 0 Å². The molecule has 1 unspecified atom stereocenters. The molecule has 0 spiro atoms. The van der Waals surface area contributed by atoms with Gasteiger partial charge >= 0.3 is 0 Å². The molecule has 1 heterocycles. The minimum atomic E-state index is -0.565. The maximum Gasteiger partial charge on any atom is 0.224 e. The highest BCUT2D eigenvalue weighted by Gasteiger charge is 2.25. The highest BCUT2D eigenvalue weighted by Crippen LogP contribution is 2.16. The van der Waals surface area contributed by atoms with E-state index < -0.39 is 5.41 Å². The van der Waals surface area contributed by atoms with Crippen molar-refractivity contribution in [3.05, 3.63) is 23.8 Å². The van der Waals surface area contributed by atoms with Gasteiger partial charge in [-0.05, 0) is 27.7 Å². The lowest BCUT2D eigenvalue weighted by molar-refractivity contribution is -0.125. The minimum absolute atomic E-state index is 0.0438. The topological polar surface area (TPSA) is 80.9 Å². The first-order valence-corrected chi connectivity index (χ1v) is 5.65. The van der Waals surface area contributed by atoms with Crippen LogP contribution in [0.3, 0.4) is 0 Å². The third-order valence-corrected chi connectivity index (χ3v) is 2.85. The Balaban J connectivity index is 2.65. The largest absolute Gasteiger partial charge is 0.369 e. The molecule has 0 radical (unpaired) electrons. The molecule has 94 valence electrons. The smallest absolute Gasteiger partial charge is 0.224 e. The van der Waals surface area contributed by atoms with E-state index in [9.17, 15) is 4.79 Å². The fourth-order valence-corrected chi connectivity index (χ4v) is 1.44. The van der Waals surface area contributed by atoms with Crippen LogP contribution in [0.15, 0.2) is 12.4 Å². The molecule has 17 heavy (non-hydrogen) atoms. The lowest BCUT2D eigenvalue weighted by Gasteiger charge is -2.24. The van der Waals surface area contributed by atoms with Crippen molar-refractivity contribution in [3.8, 4) is 0 Å². The number of hydrogen-bond acceptors (Lipinski definition) is 4. The van der Waals surface area contributed by atoms with Crippen molar-refractivity contribution in [3.63, 3.8) is 0 Å². The van der Waals surface area contributed by atoms with Crippen molar-refractivity contribution in [1.82, 2.24) is 15.3 Å². The standard InChI is InChI=1S/C12H20N4O/c1-8-10(15-6-5-14-8)9(2)16-7-12(3,4)11(13)17/h5-6,9,16H,7H2,1-4H3,(H2,13,17). The number of amides is 1. The van der Waals surface area contributed by atoms with Crippen LogP contribution in [0.4, 0.5) is 0 Å². The van der Waals surface area contributed by atoms with Gasteiger partial charge in [-0.3, -0.25) is 14.8 Å². The molecule has 0 bridgehead atoms. The Morgan fingerprint density at radius 2 is 2.06 bits per heavy atom. The van der Waals surface area contributed by atoms with E-state index in [4.69, 9.17) is 5.73 Å². The number of primary amides is 1. The summed E-state index contributed by atoms with van der Waals surface area (Å²) in [6, 6.07) is 0.0438. The molecule has 1 atom stereocenters. The quantitative estimate of drug-likeness (QED) is 0.797. The Kier molecular flexibility index (Phi) is 4.17. The van der Waals surface area contributed by atoms with Crippen molar-refractivity contribution < 1.29 is 4.79 Å².